The van der Waals surface area contributed by atoms with Crippen LogP contribution in [0, 0.1) is 6.92 Å². The first-order chi connectivity index (χ1) is 8.16. The number of benzene rings is 1. The summed E-state index contributed by atoms with van der Waals surface area (Å²) >= 11 is 1.48. The molecule has 0 radical (unpaired) electrons. The van der Waals surface area contributed by atoms with E-state index >= 15 is 0 Å². The van der Waals surface area contributed by atoms with Crippen molar-refractivity contribution in [2.75, 3.05) is 7.05 Å². The van der Waals surface area contributed by atoms with Crippen molar-refractivity contribution in [2.45, 2.75) is 13.5 Å². The lowest BCUT2D eigenvalue weighted by Crippen LogP contribution is -2.25. The molecule has 0 fully saturated rings. The number of carbonyl (C=O) groups excluding carboxylic acids is 1. The van der Waals surface area contributed by atoms with E-state index in [1.807, 2.05) is 24.6 Å². The quantitative estimate of drug-likeness (QED) is 0.812. The van der Waals surface area contributed by atoms with Crippen LogP contribution in [0.3, 0.4) is 0 Å². The molecule has 1 aromatic heterocycles. The average molecular weight is 245 g/mol. The van der Waals surface area contributed by atoms with Crippen LogP contribution in [0.5, 0.6) is 0 Å². The fourth-order valence-electron chi connectivity index (χ4n) is 1.63. The molecule has 0 aliphatic heterocycles. The van der Waals surface area contributed by atoms with Gasteiger partial charge in [0.2, 0.25) is 0 Å². The average Bonchev–Trinajstić information content (AvgIpc) is 2.84. The lowest BCUT2D eigenvalue weighted by atomic mass is 10.1. The topological polar surface area (TPSA) is 20.3 Å². The highest BCUT2D eigenvalue weighted by molar-refractivity contribution is 7.12. The van der Waals surface area contributed by atoms with Gasteiger partial charge in [0.15, 0.2) is 0 Å². The SMILES string of the molecule is Cc1ccc(CN(C)C(=O)c2cccs2)cc1. The summed E-state index contributed by atoms with van der Waals surface area (Å²) < 4.78 is 0. The molecular formula is C14H15NOS. The van der Waals surface area contributed by atoms with Gasteiger partial charge in [-0.2, -0.15) is 0 Å². The fraction of sp³-hybridized carbons (Fsp3) is 0.214. The van der Waals surface area contributed by atoms with Crippen molar-refractivity contribution in [3.63, 3.8) is 0 Å². The zero-order valence-corrected chi connectivity index (χ0v) is 10.8. The lowest BCUT2D eigenvalue weighted by Gasteiger charge is -2.16. The summed E-state index contributed by atoms with van der Waals surface area (Å²) in [5.41, 5.74) is 2.39. The van der Waals surface area contributed by atoms with Crippen LogP contribution in [-0.2, 0) is 6.54 Å². The van der Waals surface area contributed by atoms with Gasteiger partial charge in [0.25, 0.3) is 5.91 Å². The van der Waals surface area contributed by atoms with Crippen LogP contribution in [0.1, 0.15) is 20.8 Å². The van der Waals surface area contributed by atoms with Crippen LogP contribution in [0.4, 0.5) is 0 Å². The van der Waals surface area contributed by atoms with E-state index in [0.717, 1.165) is 10.4 Å². The third-order valence-electron chi connectivity index (χ3n) is 2.62. The Balaban J connectivity index is 2.04. The van der Waals surface area contributed by atoms with Gasteiger partial charge in [0.05, 0.1) is 4.88 Å². The van der Waals surface area contributed by atoms with Crippen LogP contribution in [-0.4, -0.2) is 17.9 Å². The number of hydrogen-bond donors (Lipinski definition) is 0. The van der Waals surface area contributed by atoms with Crippen molar-refractivity contribution in [1.29, 1.82) is 0 Å². The first-order valence-corrected chi connectivity index (χ1v) is 6.39. The molecule has 0 saturated heterocycles. The summed E-state index contributed by atoms with van der Waals surface area (Å²) in [7, 11) is 1.84. The van der Waals surface area contributed by atoms with Crippen molar-refractivity contribution < 1.29 is 4.79 Å². The van der Waals surface area contributed by atoms with Gasteiger partial charge in [0, 0.05) is 13.6 Å². The molecule has 88 valence electrons. The molecule has 17 heavy (non-hydrogen) atoms. The largest absolute Gasteiger partial charge is 0.337 e. The van der Waals surface area contributed by atoms with Crippen LogP contribution >= 0.6 is 11.3 Å². The summed E-state index contributed by atoms with van der Waals surface area (Å²) in [6, 6.07) is 12.0. The van der Waals surface area contributed by atoms with Crippen LogP contribution in [0.15, 0.2) is 41.8 Å². The molecule has 0 N–H and O–H groups in total. The van der Waals surface area contributed by atoms with Gasteiger partial charge in [-0.3, -0.25) is 4.79 Å². The monoisotopic (exact) mass is 245 g/mol. The molecule has 0 aliphatic carbocycles. The molecular weight excluding hydrogens is 230 g/mol. The standard InChI is InChI=1S/C14H15NOS/c1-11-5-7-12(8-6-11)10-15(2)14(16)13-4-3-9-17-13/h3-9H,10H2,1-2H3. The first kappa shape index (κ1) is 11.9. The highest BCUT2D eigenvalue weighted by Crippen LogP contribution is 2.13. The van der Waals surface area contributed by atoms with E-state index < -0.39 is 0 Å². The van der Waals surface area contributed by atoms with Crippen molar-refractivity contribution in [3.05, 3.63) is 57.8 Å². The first-order valence-electron chi connectivity index (χ1n) is 5.51. The van der Waals surface area contributed by atoms with Gasteiger partial charge in [-0.25, -0.2) is 0 Å². The zero-order chi connectivity index (χ0) is 12.3. The number of nitrogens with zero attached hydrogens (tertiary/aromatic N) is 1. The third-order valence-corrected chi connectivity index (χ3v) is 3.48. The molecule has 1 amide bonds. The normalized spacial score (nSPS) is 10.2. The van der Waals surface area contributed by atoms with Gasteiger partial charge < -0.3 is 4.90 Å². The Morgan fingerprint density at radius 1 is 1.24 bits per heavy atom. The summed E-state index contributed by atoms with van der Waals surface area (Å²) in [6.07, 6.45) is 0. The molecule has 2 nitrogen and oxygen atoms in total. The van der Waals surface area contributed by atoms with E-state index in [-0.39, 0.29) is 5.91 Å². The Hall–Kier alpha value is -1.61. The predicted octanol–water partition coefficient (Wildman–Crippen LogP) is 3.33. The Morgan fingerprint density at radius 2 is 1.94 bits per heavy atom. The maximum absolute atomic E-state index is 12.0. The fourth-order valence-corrected chi connectivity index (χ4v) is 2.35. The second-order valence-electron chi connectivity index (χ2n) is 4.12. The van der Waals surface area contributed by atoms with Crippen molar-refractivity contribution in [3.8, 4) is 0 Å². The second-order valence-corrected chi connectivity index (χ2v) is 5.07. The van der Waals surface area contributed by atoms with Gasteiger partial charge in [0.1, 0.15) is 0 Å². The molecule has 0 saturated carbocycles. The number of amides is 1. The van der Waals surface area contributed by atoms with Gasteiger partial charge in [-0.05, 0) is 23.9 Å². The highest BCUT2D eigenvalue weighted by Gasteiger charge is 2.12. The summed E-state index contributed by atoms with van der Waals surface area (Å²) in [4.78, 5) is 14.6. The lowest BCUT2D eigenvalue weighted by molar-refractivity contribution is 0.0790. The summed E-state index contributed by atoms with van der Waals surface area (Å²) in [5, 5.41) is 1.92. The maximum Gasteiger partial charge on any atom is 0.263 e. The molecule has 1 heterocycles. The molecule has 1 aromatic carbocycles. The van der Waals surface area contributed by atoms with E-state index in [0.29, 0.717) is 6.54 Å². The van der Waals surface area contributed by atoms with E-state index in [1.165, 1.54) is 16.9 Å². The number of aryl methyl sites for hydroxylation is 1. The third kappa shape index (κ3) is 2.94. The van der Waals surface area contributed by atoms with Crippen LogP contribution in [0.25, 0.3) is 0 Å². The predicted molar refractivity (Wildman–Crippen MR) is 71.3 cm³/mol. The van der Waals surface area contributed by atoms with Crippen molar-refractivity contribution in [1.82, 2.24) is 4.90 Å². The highest BCUT2D eigenvalue weighted by atomic mass is 32.1. The summed E-state index contributed by atoms with van der Waals surface area (Å²) in [5.74, 6) is 0.0839. The second kappa shape index (κ2) is 5.15. The van der Waals surface area contributed by atoms with Crippen molar-refractivity contribution in [2.24, 2.45) is 0 Å². The minimum Gasteiger partial charge on any atom is -0.337 e. The minimum absolute atomic E-state index is 0.0839. The number of carbonyl (C=O) groups is 1. The zero-order valence-electron chi connectivity index (χ0n) is 10.0. The molecule has 2 rings (SSSR count). The Kier molecular flexibility index (Phi) is 3.59. The van der Waals surface area contributed by atoms with E-state index in [9.17, 15) is 4.79 Å². The Labute approximate surface area is 106 Å². The van der Waals surface area contributed by atoms with E-state index in [4.69, 9.17) is 0 Å². The number of hydrogen-bond acceptors (Lipinski definition) is 2. The maximum atomic E-state index is 12.0. The molecule has 0 atom stereocenters. The number of thiophene rings is 1. The van der Waals surface area contributed by atoms with Gasteiger partial charge >= 0.3 is 0 Å². The molecule has 0 spiro atoms. The molecule has 2 aromatic rings. The smallest absolute Gasteiger partial charge is 0.263 e. The molecule has 0 aliphatic rings. The van der Waals surface area contributed by atoms with Crippen LogP contribution < -0.4 is 0 Å². The molecule has 3 heteroatoms. The van der Waals surface area contributed by atoms with E-state index in [1.54, 1.807) is 4.90 Å². The number of rotatable bonds is 3. The van der Waals surface area contributed by atoms with Gasteiger partial charge in [-0.1, -0.05) is 35.9 Å². The van der Waals surface area contributed by atoms with Gasteiger partial charge in [-0.15, -0.1) is 11.3 Å². The Bertz CT molecular complexity index is 487. The Morgan fingerprint density at radius 3 is 2.53 bits per heavy atom. The molecule has 0 bridgehead atoms. The molecule has 0 unspecified atom stereocenters. The van der Waals surface area contributed by atoms with Crippen LogP contribution in [0.2, 0.25) is 0 Å². The van der Waals surface area contributed by atoms with Crippen molar-refractivity contribution >= 4 is 17.2 Å². The minimum atomic E-state index is 0.0839. The van der Waals surface area contributed by atoms with E-state index in [2.05, 4.69) is 31.2 Å². The summed E-state index contributed by atoms with van der Waals surface area (Å²) in [6.45, 7) is 2.71.